The SMILES string of the molecule is CCCSN(CCC)C(=O)O. The lowest BCUT2D eigenvalue weighted by Crippen LogP contribution is -2.23. The Morgan fingerprint density at radius 2 is 2.09 bits per heavy atom. The largest absolute Gasteiger partial charge is 0.464 e. The molecule has 4 heteroatoms. The van der Waals surface area contributed by atoms with Gasteiger partial charge >= 0.3 is 6.09 Å². The van der Waals surface area contributed by atoms with Gasteiger partial charge in [-0.1, -0.05) is 13.8 Å². The van der Waals surface area contributed by atoms with Crippen molar-refractivity contribution in [2.75, 3.05) is 12.3 Å². The van der Waals surface area contributed by atoms with E-state index >= 15 is 0 Å². The second kappa shape index (κ2) is 6.34. The van der Waals surface area contributed by atoms with Gasteiger partial charge in [-0.3, -0.25) is 4.31 Å². The Bertz CT molecular complexity index is 119. The molecule has 0 aliphatic rings. The van der Waals surface area contributed by atoms with Gasteiger partial charge in [-0.15, -0.1) is 0 Å². The Hall–Kier alpha value is -0.380. The van der Waals surface area contributed by atoms with Crippen LogP contribution in [-0.4, -0.2) is 27.8 Å². The first-order chi connectivity index (χ1) is 5.22. The molecule has 0 aliphatic heterocycles. The van der Waals surface area contributed by atoms with Crippen LogP contribution in [0.5, 0.6) is 0 Å². The van der Waals surface area contributed by atoms with Crippen LogP contribution in [-0.2, 0) is 0 Å². The minimum atomic E-state index is -0.828. The molecule has 1 N–H and O–H groups in total. The van der Waals surface area contributed by atoms with E-state index in [-0.39, 0.29) is 0 Å². The monoisotopic (exact) mass is 177 g/mol. The molecular weight excluding hydrogens is 162 g/mol. The second-order valence-corrected chi connectivity index (χ2v) is 3.33. The highest BCUT2D eigenvalue weighted by molar-refractivity contribution is 7.97. The van der Waals surface area contributed by atoms with E-state index in [0.29, 0.717) is 6.54 Å². The predicted octanol–water partition coefficient (Wildman–Crippen LogP) is 2.43. The fraction of sp³-hybridized carbons (Fsp3) is 0.857. The number of hydrogen-bond acceptors (Lipinski definition) is 2. The van der Waals surface area contributed by atoms with Crippen LogP contribution in [0, 0.1) is 0 Å². The Labute approximate surface area is 71.9 Å². The van der Waals surface area contributed by atoms with Crippen molar-refractivity contribution in [3.8, 4) is 0 Å². The summed E-state index contributed by atoms with van der Waals surface area (Å²) >= 11 is 1.39. The van der Waals surface area contributed by atoms with Gasteiger partial charge in [-0.2, -0.15) is 0 Å². The van der Waals surface area contributed by atoms with Crippen molar-refractivity contribution in [1.29, 1.82) is 0 Å². The zero-order valence-electron chi connectivity index (χ0n) is 7.04. The first-order valence-corrected chi connectivity index (χ1v) is 4.80. The number of amides is 1. The van der Waals surface area contributed by atoms with Crippen molar-refractivity contribution in [3.63, 3.8) is 0 Å². The molecule has 1 amide bonds. The summed E-state index contributed by atoms with van der Waals surface area (Å²) in [5.41, 5.74) is 0. The van der Waals surface area contributed by atoms with E-state index in [2.05, 4.69) is 0 Å². The molecule has 0 fully saturated rings. The van der Waals surface area contributed by atoms with Crippen molar-refractivity contribution >= 4 is 18.0 Å². The van der Waals surface area contributed by atoms with Crippen LogP contribution < -0.4 is 0 Å². The van der Waals surface area contributed by atoms with Crippen molar-refractivity contribution in [1.82, 2.24) is 4.31 Å². The molecule has 0 aromatic carbocycles. The molecule has 0 aromatic rings. The lowest BCUT2D eigenvalue weighted by atomic mass is 10.5. The number of nitrogens with zero attached hydrogens (tertiary/aromatic N) is 1. The molecule has 0 bridgehead atoms. The molecule has 0 saturated carbocycles. The standard InChI is InChI=1S/C7H15NO2S/c1-3-5-8(7(9)10)11-6-4-2/h3-6H2,1-2H3,(H,9,10). The second-order valence-electron chi connectivity index (χ2n) is 2.22. The Kier molecular flexibility index (Phi) is 6.12. The molecule has 0 aromatic heterocycles. The summed E-state index contributed by atoms with van der Waals surface area (Å²) in [5.74, 6) is 0.881. The molecule has 0 spiro atoms. The molecule has 66 valence electrons. The van der Waals surface area contributed by atoms with Crippen LogP contribution in [0.2, 0.25) is 0 Å². The van der Waals surface area contributed by atoms with Crippen LogP contribution in [0.1, 0.15) is 26.7 Å². The third-order valence-electron chi connectivity index (χ3n) is 1.09. The maximum Gasteiger partial charge on any atom is 0.417 e. The molecule has 0 unspecified atom stereocenters. The zero-order valence-corrected chi connectivity index (χ0v) is 7.86. The molecular formula is C7H15NO2S. The summed E-state index contributed by atoms with van der Waals surface area (Å²) in [6.45, 7) is 4.64. The first-order valence-electron chi connectivity index (χ1n) is 3.85. The van der Waals surface area contributed by atoms with Gasteiger partial charge in [-0.05, 0) is 24.8 Å². The third-order valence-corrected chi connectivity index (χ3v) is 2.33. The summed E-state index contributed by atoms with van der Waals surface area (Å²) in [6, 6.07) is 0. The van der Waals surface area contributed by atoms with E-state index in [1.165, 1.54) is 16.3 Å². The quantitative estimate of drug-likeness (QED) is 0.656. The number of hydrogen-bond donors (Lipinski definition) is 1. The molecule has 0 heterocycles. The molecule has 0 rings (SSSR count). The van der Waals surface area contributed by atoms with Gasteiger partial charge in [0.25, 0.3) is 0 Å². The normalized spacial score (nSPS) is 9.64. The molecule has 11 heavy (non-hydrogen) atoms. The van der Waals surface area contributed by atoms with Crippen LogP contribution >= 0.6 is 11.9 Å². The minimum Gasteiger partial charge on any atom is -0.464 e. The van der Waals surface area contributed by atoms with Crippen molar-refractivity contribution in [3.05, 3.63) is 0 Å². The third kappa shape index (κ3) is 4.95. The Balaban J connectivity index is 3.60. The van der Waals surface area contributed by atoms with Crippen LogP contribution in [0.3, 0.4) is 0 Å². The highest BCUT2D eigenvalue weighted by atomic mass is 32.2. The van der Waals surface area contributed by atoms with Crippen LogP contribution in [0.15, 0.2) is 0 Å². The van der Waals surface area contributed by atoms with Gasteiger partial charge in [0.1, 0.15) is 0 Å². The van der Waals surface area contributed by atoms with Gasteiger partial charge in [0.05, 0.1) is 0 Å². The lowest BCUT2D eigenvalue weighted by molar-refractivity contribution is 0.175. The molecule has 0 atom stereocenters. The Morgan fingerprint density at radius 3 is 2.45 bits per heavy atom. The summed E-state index contributed by atoms with van der Waals surface area (Å²) in [4.78, 5) is 10.5. The number of carboxylic acid groups (broad SMARTS) is 1. The minimum absolute atomic E-state index is 0.625. The molecule has 3 nitrogen and oxygen atoms in total. The van der Waals surface area contributed by atoms with E-state index in [4.69, 9.17) is 5.11 Å². The van der Waals surface area contributed by atoms with E-state index in [9.17, 15) is 4.79 Å². The topological polar surface area (TPSA) is 40.5 Å². The molecule has 0 saturated heterocycles. The number of rotatable bonds is 5. The highest BCUT2D eigenvalue weighted by Crippen LogP contribution is 2.11. The van der Waals surface area contributed by atoms with Gasteiger partial charge in [0.2, 0.25) is 0 Å². The summed E-state index contributed by atoms with van der Waals surface area (Å²) in [6.07, 6.45) is 1.06. The predicted molar refractivity (Wildman–Crippen MR) is 47.8 cm³/mol. The van der Waals surface area contributed by atoms with Gasteiger partial charge < -0.3 is 5.11 Å². The van der Waals surface area contributed by atoms with E-state index in [1.807, 2.05) is 13.8 Å². The van der Waals surface area contributed by atoms with E-state index in [0.717, 1.165) is 18.6 Å². The van der Waals surface area contributed by atoms with Crippen molar-refractivity contribution in [2.24, 2.45) is 0 Å². The Morgan fingerprint density at radius 1 is 1.45 bits per heavy atom. The van der Waals surface area contributed by atoms with Crippen LogP contribution in [0.25, 0.3) is 0 Å². The van der Waals surface area contributed by atoms with Gasteiger partial charge in [0.15, 0.2) is 0 Å². The highest BCUT2D eigenvalue weighted by Gasteiger charge is 2.09. The number of carbonyl (C=O) groups is 1. The fourth-order valence-corrected chi connectivity index (χ4v) is 1.45. The van der Waals surface area contributed by atoms with Crippen molar-refractivity contribution < 1.29 is 9.90 Å². The molecule has 0 radical (unpaired) electrons. The maximum absolute atomic E-state index is 10.5. The van der Waals surface area contributed by atoms with E-state index in [1.54, 1.807) is 0 Å². The smallest absolute Gasteiger partial charge is 0.417 e. The average Bonchev–Trinajstić information content (AvgIpc) is 1.97. The van der Waals surface area contributed by atoms with Crippen LogP contribution in [0.4, 0.5) is 4.79 Å². The average molecular weight is 177 g/mol. The zero-order chi connectivity index (χ0) is 8.69. The fourth-order valence-electron chi connectivity index (χ4n) is 0.620. The van der Waals surface area contributed by atoms with E-state index < -0.39 is 6.09 Å². The summed E-state index contributed by atoms with van der Waals surface area (Å²) in [7, 11) is 0. The molecule has 0 aliphatic carbocycles. The maximum atomic E-state index is 10.5. The first kappa shape index (κ1) is 10.6. The van der Waals surface area contributed by atoms with Crippen molar-refractivity contribution in [2.45, 2.75) is 26.7 Å². The summed E-state index contributed by atoms with van der Waals surface area (Å²) in [5, 5.41) is 8.64. The summed E-state index contributed by atoms with van der Waals surface area (Å²) < 4.78 is 1.39. The van der Waals surface area contributed by atoms with Gasteiger partial charge in [-0.25, -0.2) is 4.79 Å². The lowest BCUT2D eigenvalue weighted by Gasteiger charge is -2.15. The van der Waals surface area contributed by atoms with Gasteiger partial charge in [0, 0.05) is 12.3 Å².